The van der Waals surface area contributed by atoms with Crippen LogP contribution in [0, 0.1) is 28.7 Å². The van der Waals surface area contributed by atoms with Gasteiger partial charge in [0.15, 0.2) is 0 Å². The van der Waals surface area contributed by atoms with Crippen molar-refractivity contribution in [2.45, 2.75) is 51.6 Å². The summed E-state index contributed by atoms with van der Waals surface area (Å²) in [7, 11) is 4.38. The van der Waals surface area contributed by atoms with E-state index in [2.05, 4.69) is 136 Å². The number of rotatable bonds is 3. The zero-order valence-electron chi connectivity index (χ0n) is 28.4. The Kier molecular flexibility index (Phi) is 18.6. The van der Waals surface area contributed by atoms with Gasteiger partial charge < -0.3 is 25.6 Å². The second-order valence-corrected chi connectivity index (χ2v) is 47.5. The van der Waals surface area contributed by atoms with Gasteiger partial charge in [-0.1, -0.05) is 48.0 Å². The number of aryl methyl sites for hydroxylation is 2. The molecule has 1 radical (unpaired) electrons. The molecule has 3 aromatic heterocycles. The van der Waals surface area contributed by atoms with E-state index >= 15 is 0 Å². The van der Waals surface area contributed by atoms with Crippen LogP contribution < -0.4 is 5.73 Å². The molecule has 0 amide bonds. The Labute approximate surface area is 342 Å². The number of nitrogens with one attached hydrogen (secondary N) is 1. The third kappa shape index (κ3) is 10.1. The van der Waals surface area contributed by atoms with Crippen LogP contribution in [0.5, 0.6) is 0 Å². The van der Waals surface area contributed by atoms with Gasteiger partial charge in [-0.25, -0.2) is 0 Å². The maximum absolute atomic E-state index is 6.59. The molecule has 259 valence electrons. The molecule has 0 bridgehead atoms. The van der Waals surface area contributed by atoms with Gasteiger partial charge in [0, 0.05) is 76.1 Å². The summed E-state index contributed by atoms with van der Waals surface area (Å²) in [6, 6.07) is 17.3. The molecule has 6 nitrogen and oxygen atoms in total. The number of benzene rings is 2. The minimum Gasteiger partial charge on any atom is 0 e. The fraction of sp³-hybridized carbons (Fsp3) is 0.333. The number of anilines is 1. The molecule has 0 aliphatic carbocycles. The van der Waals surface area contributed by atoms with E-state index < -0.39 is 0 Å². The van der Waals surface area contributed by atoms with Crippen LogP contribution in [0.4, 0.5) is 5.69 Å². The number of aromatic amines is 1. The van der Waals surface area contributed by atoms with Crippen LogP contribution in [-0.4, -0.2) is 51.9 Å². The van der Waals surface area contributed by atoms with Gasteiger partial charge in [0.1, 0.15) is 0 Å². The fourth-order valence-electron chi connectivity index (χ4n) is 6.71. The van der Waals surface area contributed by atoms with E-state index in [0.717, 1.165) is 41.2 Å². The Morgan fingerprint density at radius 3 is 1.94 bits per heavy atom. The van der Waals surface area contributed by atoms with E-state index in [1.807, 2.05) is 37.4 Å². The van der Waals surface area contributed by atoms with Gasteiger partial charge in [0.25, 0.3) is 0 Å². The first-order chi connectivity index (χ1) is 21.6. The maximum atomic E-state index is 6.59. The molecule has 2 aliphatic rings. The molecule has 5 heterocycles. The molecular formula is C36H45ClI3N6V2-2. The van der Waals surface area contributed by atoms with Crippen LogP contribution in [0.1, 0.15) is 60.3 Å². The Hall–Kier alpha value is -0.0912. The molecule has 0 saturated carbocycles. The number of aromatic nitrogens is 3. The van der Waals surface area contributed by atoms with Crippen molar-refractivity contribution in [2.24, 2.45) is 0 Å². The van der Waals surface area contributed by atoms with E-state index in [9.17, 15) is 0 Å². The average Bonchev–Trinajstić information content (AvgIpc) is 3.74. The summed E-state index contributed by atoms with van der Waals surface area (Å²) in [5.74, 6) is 0. The summed E-state index contributed by atoms with van der Waals surface area (Å²) in [5.41, 5.74) is 15.9. The van der Waals surface area contributed by atoms with Crippen LogP contribution in [0.25, 0.3) is 32.9 Å². The van der Waals surface area contributed by atoms with E-state index in [4.69, 9.17) is 17.3 Å². The minimum absolute atomic E-state index is 0. The largest absolute Gasteiger partial charge is 0 e. The number of H-pyrrole nitrogens is 1. The maximum Gasteiger partial charge on any atom is 0 e. The van der Waals surface area contributed by atoms with Crippen LogP contribution >= 0.6 is 71.5 Å². The topological polar surface area (TPSA) is 74.1 Å². The molecular weight excluding hydrogens is 1030 g/mol. The van der Waals surface area contributed by atoms with Crippen LogP contribution in [-0.2, 0) is 23.5 Å². The van der Waals surface area contributed by atoms with Gasteiger partial charge >= 0.3 is 64.9 Å². The van der Waals surface area contributed by atoms with E-state index in [1.165, 1.54) is 58.7 Å². The summed E-state index contributed by atoms with van der Waals surface area (Å²) in [6.45, 7) is 6.31. The van der Waals surface area contributed by atoms with Crippen molar-refractivity contribution in [1.29, 1.82) is 0 Å². The molecule has 3 N–H and O–H groups in total. The first kappa shape index (κ1) is 44.1. The van der Waals surface area contributed by atoms with E-state index in [0.29, 0.717) is 17.1 Å². The SMILES string of the molecule is Cc1ncc([C@@H]2CCCN2C)c(-c2ccccc2N)c1Cl.Cc1ncc([C@@H]2CCCN2C)c2c1[nH]c1ccccc12.[CH3-].[CH3-].[I][V]([I])[I].[V]. The number of nitrogens with zero attached hydrogens (tertiary/aromatic N) is 4. The van der Waals surface area contributed by atoms with Crippen LogP contribution in [0.15, 0.2) is 60.9 Å². The van der Waals surface area contributed by atoms with Gasteiger partial charge in [0.05, 0.1) is 21.9 Å². The van der Waals surface area contributed by atoms with Crippen molar-refractivity contribution >= 4 is 99.0 Å². The summed E-state index contributed by atoms with van der Waals surface area (Å²) in [5, 5.41) is 3.40. The predicted molar refractivity (Wildman–Crippen MR) is 226 cm³/mol. The zero-order chi connectivity index (χ0) is 32.2. The normalized spacial score (nSPS) is 17.5. The number of nitrogen functional groups attached to an aromatic ring is 1. The van der Waals surface area contributed by atoms with Crippen LogP contribution in [0.3, 0.4) is 0 Å². The third-order valence-electron chi connectivity index (χ3n) is 8.97. The number of hydrogen-bond donors (Lipinski definition) is 2. The monoisotopic (exact) mass is 1080 g/mol. The fourth-order valence-corrected chi connectivity index (χ4v) is 6.97. The number of hydrogen-bond acceptors (Lipinski definition) is 5. The van der Waals surface area contributed by atoms with Gasteiger partial charge in [-0.2, -0.15) is 0 Å². The molecule has 12 heteroatoms. The van der Waals surface area contributed by atoms with Crippen molar-refractivity contribution in [3.63, 3.8) is 0 Å². The van der Waals surface area contributed by atoms with Crippen molar-refractivity contribution in [3.05, 3.63) is 103 Å². The molecule has 2 saturated heterocycles. The van der Waals surface area contributed by atoms with E-state index in [-0.39, 0.29) is 38.3 Å². The minimum atomic E-state index is -0.278. The summed E-state index contributed by atoms with van der Waals surface area (Å²) in [4.78, 5) is 17.2. The average molecular weight is 1080 g/mol. The standard InChI is InChI=1S/C17H20ClN3.C17H19N3.2CH3.3HI.2V/c1-11-17(18)16(12-6-3-4-7-14(12)19)13(10-20-11)15-8-5-9-21(15)2;1-11-17-16(12-6-3-4-7-14(12)19-17)13(10-18-11)15-8-5-9-20(15)2;;;;;;;/h3-4,6-7,10,15H,5,8-9,19H2,1-2H3;3-4,6-7,10,15,19H,5,8-9H2,1-2H3;2*1H3;3*1H;;/q;;2*-1;;;;;+3/p-3/t2*15-;;;;;;;/m00......./s1. The first-order valence-electron chi connectivity index (χ1n) is 15.1. The molecule has 7 rings (SSSR count). The number of fused-ring (bicyclic) bond motifs is 3. The number of nitrogens with two attached hydrogens (primary N) is 1. The van der Waals surface area contributed by atoms with Gasteiger partial charge in [0.2, 0.25) is 0 Å². The smallest absolute Gasteiger partial charge is 0 e. The Balaban J connectivity index is 0.000000284. The third-order valence-corrected chi connectivity index (χ3v) is 9.43. The van der Waals surface area contributed by atoms with Crippen LogP contribution in [0.2, 0.25) is 5.02 Å². The Morgan fingerprint density at radius 2 is 1.35 bits per heavy atom. The second-order valence-electron chi connectivity index (χ2n) is 11.8. The Morgan fingerprint density at radius 1 is 0.833 bits per heavy atom. The summed E-state index contributed by atoms with van der Waals surface area (Å²) >= 11 is 14.0. The number of para-hydroxylation sites is 2. The molecule has 5 aromatic rings. The van der Waals surface area contributed by atoms with Crippen molar-refractivity contribution in [2.75, 3.05) is 32.9 Å². The van der Waals surface area contributed by atoms with Crippen molar-refractivity contribution in [1.82, 2.24) is 24.8 Å². The quantitative estimate of drug-likeness (QED) is 0.107. The van der Waals surface area contributed by atoms with Gasteiger partial charge in [-0.05, 0) is 90.0 Å². The number of halogens is 4. The van der Waals surface area contributed by atoms with Gasteiger partial charge in [-0.15, -0.1) is 0 Å². The first-order valence-corrected chi connectivity index (χ1v) is 29.0. The molecule has 2 atom stereocenters. The van der Waals surface area contributed by atoms with E-state index in [1.54, 1.807) is 0 Å². The molecule has 0 unspecified atom stereocenters. The molecule has 0 spiro atoms. The molecule has 2 aromatic carbocycles. The molecule has 2 aliphatic heterocycles. The zero-order valence-corrected chi connectivity index (χ0v) is 38.5. The summed E-state index contributed by atoms with van der Waals surface area (Å²) < 4.78 is 0. The van der Waals surface area contributed by atoms with Crippen molar-refractivity contribution < 1.29 is 23.5 Å². The Bertz CT molecular complexity index is 1780. The second kappa shape index (κ2) is 20.2. The summed E-state index contributed by atoms with van der Waals surface area (Å²) in [6.07, 6.45) is 8.91. The number of likely N-dealkylation sites (tertiary alicyclic amines) is 2. The molecule has 2 fully saturated rings. The number of pyridine rings is 2. The molecule has 48 heavy (non-hydrogen) atoms. The van der Waals surface area contributed by atoms with Gasteiger partial charge in [-0.3, -0.25) is 19.8 Å². The van der Waals surface area contributed by atoms with Crippen molar-refractivity contribution in [3.8, 4) is 11.1 Å². The predicted octanol–water partition coefficient (Wildman–Crippen LogP) is 11.4.